The minimum atomic E-state index is -0.207. The number of carbonyl (C=O) groups excluding carboxylic acids is 1. The van der Waals surface area contributed by atoms with Gasteiger partial charge in [-0.1, -0.05) is 12.1 Å². The van der Waals surface area contributed by atoms with Crippen molar-refractivity contribution in [1.82, 2.24) is 30.8 Å². The van der Waals surface area contributed by atoms with Crippen molar-refractivity contribution in [3.8, 4) is 0 Å². The maximum Gasteiger partial charge on any atom is 0.246 e. The minimum absolute atomic E-state index is 0.0529. The second-order valence-corrected chi connectivity index (χ2v) is 7.61. The highest BCUT2D eigenvalue weighted by Gasteiger charge is 2.31. The molecule has 8 nitrogen and oxygen atoms in total. The molecule has 1 fully saturated rings. The molecule has 9 heteroatoms. The van der Waals surface area contributed by atoms with E-state index in [2.05, 4.69) is 32.2 Å². The third kappa shape index (κ3) is 4.81. The molecule has 1 aromatic carbocycles. The summed E-state index contributed by atoms with van der Waals surface area (Å²) in [7, 11) is 1.50. The molecular weight excluding hydrogens is 375 g/mol. The van der Waals surface area contributed by atoms with Crippen molar-refractivity contribution in [3.63, 3.8) is 0 Å². The summed E-state index contributed by atoms with van der Waals surface area (Å²) in [5.41, 5.74) is 9.48. The Morgan fingerprint density at radius 2 is 2.28 bits per heavy atom. The van der Waals surface area contributed by atoms with Crippen LogP contribution >= 0.6 is 0 Å². The molecule has 2 aromatic rings. The number of halogens is 1. The van der Waals surface area contributed by atoms with E-state index in [-0.39, 0.29) is 24.4 Å². The van der Waals surface area contributed by atoms with E-state index in [1.807, 2.05) is 10.7 Å². The van der Waals surface area contributed by atoms with Gasteiger partial charge in [0.25, 0.3) is 0 Å². The topological polar surface area (TPSA) is 83.5 Å². The molecule has 3 heterocycles. The van der Waals surface area contributed by atoms with Crippen LogP contribution in [0.3, 0.4) is 0 Å². The monoisotopic (exact) mass is 402 g/mol. The summed E-state index contributed by atoms with van der Waals surface area (Å²) in [6.45, 7) is 4.75. The fourth-order valence-electron chi connectivity index (χ4n) is 4.09. The lowest BCUT2D eigenvalue weighted by Crippen LogP contribution is -2.38. The smallest absolute Gasteiger partial charge is 0.246 e. The zero-order valence-corrected chi connectivity index (χ0v) is 16.5. The molecule has 2 unspecified atom stereocenters. The molecule has 0 radical (unpaired) electrons. The fourth-order valence-corrected chi connectivity index (χ4v) is 4.09. The van der Waals surface area contributed by atoms with E-state index < -0.39 is 0 Å². The van der Waals surface area contributed by atoms with E-state index in [4.69, 9.17) is 4.74 Å². The van der Waals surface area contributed by atoms with Gasteiger partial charge < -0.3 is 10.1 Å². The van der Waals surface area contributed by atoms with E-state index in [1.54, 1.807) is 12.1 Å². The lowest BCUT2D eigenvalue weighted by Gasteiger charge is -2.31. The second-order valence-electron chi connectivity index (χ2n) is 7.61. The Kier molecular flexibility index (Phi) is 6.19. The largest absolute Gasteiger partial charge is 0.375 e. The SMILES string of the molecule is COCC(=O)NCc1cc2n(n1)CCN(CC1CNNC1c1cccc(F)c1)C2. The number of hydrazine groups is 1. The maximum atomic E-state index is 13.6. The van der Waals surface area contributed by atoms with E-state index in [0.29, 0.717) is 12.5 Å². The van der Waals surface area contributed by atoms with Crippen LogP contribution in [-0.4, -0.2) is 53.9 Å². The fraction of sp³-hybridized carbons (Fsp3) is 0.500. The summed E-state index contributed by atoms with van der Waals surface area (Å²) in [5.74, 6) is -0.00857. The highest BCUT2D eigenvalue weighted by molar-refractivity contribution is 5.77. The summed E-state index contributed by atoms with van der Waals surface area (Å²) >= 11 is 0. The number of hydrogen-bond acceptors (Lipinski definition) is 6. The van der Waals surface area contributed by atoms with Gasteiger partial charge in [-0.2, -0.15) is 5.10 Å². The number of rotatable bonds is 7. The molecule has 3 N–H and O–H groups in total. The summed E-state index contributed by atoms with van der Waals surface area (Å²) in [5, 5.41) is 7.40. The number of carbonyl (C=O) groups is 1. The van der Waals surface area contributed by atoms with Crippen LogP contribution in [0.2, 0.25) is 0 Å². The number of hydrogen-bond donors (Lipinski definition) is 3. The summed E-state index contributed by atoms with van der Waals surface area (Å²) in [6.07, 6.45) is 0. The average molecular weight is 402 g/mol. The van der Waals surface area contributed by atoms with Crippen LogP contribution in [0.4, 0.5) is 4.39 Å². The van der Waals surface area contributed by atoms with Gasteiger partial charge in [0, 0.05) is 39.2 Å². The molecule has 156 valence electrons. The maximum absolute atomic E-state index is 13.6. The average Bonchev–Trinajstić information content (AvgIpc) is 3.33. The van der Waals surface area contributed by atoms with E-state index in [0.717, 1.165) is 49.7 Å². The van der Waals surface area contributed by atoms with Gasteiger partial charge in [-0.25, -0.2) is 9.82 Å². The number of aromatic nitrogens is 2. The van der Waals surface area contributed by atoms with E-state index in [9.17, 15) is 9.18 Å². The van der Waals surface area contributed by atoms with Gasteiger partial charge in [0.15, 0.2) is 0 Å². The summed E-state index contributed by atoms with van der Waals surface area (Å²) in [4.78, 5) is 14.0. The lowest BCUT2D eigenvalue weighted by atomic mass is 9.94. The second kappa shape index (κ2) is 9.00. The van der Waals surface area contributed by atoms with Crippen LogP contribution in [0.15, 0.2) is 30.3 Å². The molecule has 29 heavy (non-hydrogen) atoms. The van der Waals surface area contributed by atoms with Gasteiger partial charge in [0.05, 0.1) is 30.5 Å². The Morgan fingerprint density at radius 3 is 3.10 bits per heavy atom. The molecule has 2 aliphatic heterocycles. The molecule has 4 rings (SSSR count). The normalized spacial score (nSPS) is 21.9. The van der Waals surface area contributed by atoms with Crippen molar-refractivity contribution in [2.75, 3.05) is 33.4 Å². The van der Waals surface area contributed by atoms with Gasteiger partial charge in [-0.15, -0.1) is 0 Å². The third-order valence-corrected chi connectivity index (χ3v) is 5.46. The van der Waals surface area contributed by atoms with Crippen molar-refractivity contribution in [3.05, 3.63) is 53.1 Å². The molecular formula is C20H27FN6O2. The highest BCUT2D eigenvalue weighted by atomic mass is 19.1. The van der Waals surface area contributed by atoms with Crippen LogP contribution in [0.25, 0.3) is 0 Å². The van der Waals surface area contributed by atoms with Crippen LogP contribution in [-0.2, 0) is 29.2 Å². The van der Waals surface area contributed by atoms with Gasteiger partial charge >= 0.3 is 0 Å². The number of ether oxygens (including phenoxy) is 1. The van der Waals surface area contributed by atoms with Crippen molar-refractivity contribution < 1.29 is 13.9 Å². The standard InChI is InChI=1S/C20H27FN6O2/c1-29-13-19(28)22-10-17-8-18-12-26(5-6-27(18)25-17)11-15-9-23-24-20(15)14-3-2-4-16(21)7-14/h2-4,7-8,15,20,23-24H,5-6,9-13H2,1H3,(H,22,28). The number of methoxy groups -OCH3 is 1. The summed E-state index contributed by atoms with van der Waals surface area (Å²) < 4.78 is 20.5. The quantitative estimate of drug-likeness (QED) is 0.628. The Morgan fingerprint density at radius 1 is 1.38 bits per heavy atom. The Balaban J connectivity index is 1.35. The molecule has 0 bridgehead atoms. The van der Waals surface area contributed by atoms with Crippen molar-refractivity contribution in [2.45, 2.75) is 25.7 Å². The van der Waals surface area contributed by atoms with Crippen molar-refractivity contribution in [1.29, 1.82) is 0 Å². The molecule has 2 atom stereocenters. The molecule has 2 aliphatic rings. The Bertz CT molecular complexity index is 857. The first-order valence-corrected chi connectivity index (χ1v) is 9.90. The van der Waals surface area contributed by atoms with Gasteiger partial charge in [-0.3, -0.25) is 19.8 Å². The first kappa shape index (κ1) is 20.0. The molecule has 0 aliphatic carbocycles. The van der Waals surface area contributed by atoms with Gasteiger partial charge in [0.2, 0.25) is 5.91 Å². The van der Waals surface area contributed by atoms with Crippen molar-refractivity contribution in [2.24, 2.45) is 5.92 Å². The minimum Gasteiger partial charge on any atom is -0.375 e. The number of benzene rings is 1. The van der Waals surface area contributed by atoms with Gasteiger partial charge in [0.1, 0.15) is 12.4 Å². The first-order chi connectivity index (χ1) is 14.1. The molecule has 1 aromatic heterocycles. The Hall–Kier alpha value is -2.33. The first-order valence-electron chi connectivity index (χ1n) is 9.90. The lowest BCUT2D eigenvalue weighted by molar-refractivity contribution is -0.124. The predicted octanol–water partition coefficient (Wildman–Crippen LogP) is 0.566. The molecule has 0 spiro atoms. The number of amides is 1. The van der Waals surface area contributed by atoms with E-state index >= 15 is 0 Å². The van der Waals surface area contributed by atoms with Crippen LogP contribution < -0.4 is 16.2 Å². The molecule has 1 saturated heterocycles. The zero-order chi connectivity index (χ0) is 20.2. The third-order valence-electron chi connectivity index (χ3n) is 5.46. The molecule has 0 saturated carbocycles. The number of fused-ring (bicyclic) bond motifs is 1. The van der Waals surface area contributed by atoms with Crippen molar-refractivity contribution >= 4 is 5.91 Å². The predicted molar refractivity (Wildman–Crippen MR) is 105 cm³/mol. The van der Waals surface area contributed by atoms with Crippen LogP contribution in [0.1, 0.15) is 23.0 Å². The number of nitrogens with zero attached hydrogens (tertiary/aromatic N) is 3. The van der Waals surface area contributed by atoms with E-state index in [1.165, 1.54) is 13.2 Å². The number of nitrogens with one attached hydrogen (secondary N) is 3. The summed E-state index contributed by atoms with van der Waals surface area (Å²) in [6, 6.07) is 8.94. The van der Waals surface area contributed by atoms with Crippen LogP contribution in [0.5, 0.6) is 0 Å². The molecule has 1 amide bonds. The Labute approximate surface area is 169 Å². The van der Waals surface area contributed by atoms with Gasteiger partial charge in [-0.05, 0) is 23.8 Å². The van der Waals surface area contributed by atoms with Crippen LogP contribution in [0, 0.1) is 11.7 Å². The zero-order valence-electron chi connectivity index (χ0n) is 16.5. The highest BCUT2D eigenvalue weighted by Crippen LogP contribution is 2.27.